The molecule has 11 nitrogen and oxygen atoms in total. The molecule has 0 bridgehead atoms. The van der Waals surface area contributed by atoms with Gasteiger partial charge in [0, 0.05) is 32.3 Å². The smallest absolute Gasteiger partial charge is 0.412 e. The molecule has 1 amide bonds. The molecule has 0 saturated carbocycles. The predicted octanol–water partition coefficient (Wildman–Crippen LogP) is 7.61. The monoisotopic (exact) mass is 799 g/mol. The lowest BCUT2D eigenvalue weighted by Gasteiger charge is -2.38. The highest BCUT2D eigenvalue weighted by molar-refractivity contribution is 7.91. The topological polar surface area (TPSA) is 119 Å². The molecule has 0 aromatic heterocycles. The number of sulfone groups is 1. The molecule has 4 aliphatic rings. The van der Waals surface area contributed by atoms with Gasteiger partial charge in [-0.3, -0.25) is 4.90 Å². The molecule has 10 atom stereocenters. The fraction of sp³-hybridized carbons (Fsp3) is 0.659. The van der Waals surface area contributed by atoms with Crippen LogP contribution >= 0.6 is 0 Å². The first-order chi connectivity index (χ1) is 26.4. The molecule has 0 spiro atoms. The molecule has 5 rings (SSSR count). The second kappa shape index (κ2) is 18.8. The minimum atomic E-state index is -3.70. The van der Waals surface area contributed by atoms with E-state index in [-0.39, 0.29) is 47.1 Å². The maximum absolute atomic E-state index is 13.9. The van der Waals surface area contributed by atoms with Crippen LogP contribution in [0.1, 0.15) is 80.1 Å². The fourth-order valence-electron chi connectivity index (χ4n) is 8.48. The molecule has 312 valence electrons. The standard InChI is InChI=1S/C44H65NO10S/c1-11-21-50-22-15-16-32-24-30(3)37(51-32)20-19-33-23-29(2)31(4)38(52-33)26-39-36(28-56(47,48)35-17-13-12-14-18-35)41(49-10)40(53-39)25-34-27-45(44(8,9)54-34)42(46)55-43(5,6)7/h11-18,29,32-34,36-41H,1,3-4,19-28H2,2,5-10H3/b16-15+/t29-,32+,33+,34?,36+,37+,38-,39+,40-,41-/m1/s1. The van der Waals surface area contributed by atoms with Crippen molar-refractivity contribution in [3.05, 3.63) is 79.4 Å². The van der Waals surface area contributed by atoms with Crippen LogP contribution in [0.5, 0.6) is 0 Å². The predicted molar refractivity (Wildman–Crippen MR) is 216 cm³/mol. The van der Waals surface area contributed by atoms with Gasteiger partial charge in [0.2, 0.25) is 0 Å². The Morgan fingerprint density at radius 2 is 1.73 bits per heavy atom. The van der Waals surface area contributed by atoms with E-state index in [1.165, 1.54) is 0 Å². The van der Waals surface area contributed by atoms with E-state index in [1.54, 1.807) is 48.4 Å². The molecule has 1 unspecified atom stereocenters. The maximum Gasteiger partial charge on any atom is 0.412 e. The van der Waals surface area contributed by atoms with Crippen molar-refractivity contribution in [2.45, 2.75) is 145 Å². The second-order valence-corrected chi connectivity index (χ2v) is 19.3. The van der Waals surface area contributed by atoms with Gasteiger partial charge in [-0.1, -0.05) is 56.5 Å². The fourth-order valence-corrected chi connectivity index (χ4v) is 10.2. The van der Waals surface area contributed by atoms with Crippen LogP contribution in [0.4, 0.5) is 4.79 Å². The Hall–Kier alpha value is -2.84. The third-order valence-corrected chi connectivity index (χ3v) is 13.1. The first-order valence-electron chi connectivity index (χ1n) is 20.1. The summed E-state index contributed by atoms with van der Waals surface area (Å²) in [7, 11) is -2.10. The Labute approximate surface area is 335 Å². The number of hydrogen-bond acceptors (Lipinski definition) is 10. The van der Waals surface area contributed by atoms with Gasteiger partial charge in [-0.2, -0.15) is 0 Å². The van der Waals surface area contributed by atoms with Gasteiger partial charge in [0.25, 0.3) is 0 Å². The van der Waals surface area contributed by atoms with Crippen LogP contribution in [-0.2, 0) is 43.0 Å². The van der Waals surface area contributed by atoms with Gasteiger partial charge >= 0.3 is 6.09 Å². The van der Waals surface area contributed by atoms with E-state index >= 15 is 0 Å². The van der Waals surface area contributed by atoms with Gasteiger partial charge < -0.3 is 33.2 Å². The van der Waals surface area contributed by atoms with Gasteiger partial charge in [-0.15, -0.1) is 6.58 Å². The highest BCUT2D eigenvalue weighted by Gasteiger charge is 2.51. The number of carbonyl (C=O) groups excluding carboxylic acids is 1. The van der Waals surface area contributed by atoms with Crippen molar-refractivity contribution in [1.29, 1.82) is 0 Å². The summed E-state index contributed by atoms with van der Waals surface area (Å²) in [6.45, 7) is 25.1. The lowest BCUT2D eigenvalue weighted by molar-refractivity contribution is -0.0992. The second-order valence-electron chi connectivity index (χ2n) is 17.2. The molecule has 0 N–H and O–H groups in total. The third kappa shape index (κ3) is 11.4. The molecule has 4 aliphatic heterocycles. The molecule has 0 aliphatic carbocycles. The summed E-state index contributed by atoms with van der Waals surface area (Å²) in [4.78, 5) is 15.0. The van der Waals surface area contributed by atoms with Gasteiger partial charge in [-0.25, -0.2) is 13.2 Å². The Morgan fingerprint density at radius 1 is 1.00 bits per heavy atom. The number of ether oxygens (including phenoxy) is 7. The van der Waals surface area contributed by atoms with Crippen molar-refractivity contribution in [2.75, 3.05) is 32.6 Å². The van der Waals surface area contributed by atoms with E-state index in [0.29, 0.717) is 32.6 Å². The van der Waals surface area contributed by atoms with Gasteiger partial charge in [0.05, 0.1) is 79.2 Å². The summed E-state index contributed by atoms with van der Waals surface area (Å²) in [5, 5.41) is 0. The van der Waals surface area contributed by atoms with Gasteiger partial charge in [0.15, 0.2) is 9.84 Å². The largest absolute Gasteiger partial charge is 0.444 e. The van der Waals surface area contributed by atoms with Crippen molar-refractivity contribution in [1.82, 2.24) is 4.90 Å². The van der Waals surface area contributed by atoms with Crippen LogP contribution in [0.3, 0.4) is 0 Å². The highest BCUT2D eigenvalue weighted by Crippen LogP contribution is 2.42. The molecule has 0 radical (unpaired) electrons. The zero-order chi connectivity index (χ0) is 40.8. The highest BCUT2D eigenvalue weighted by atomic mass is 32.2. The Balaban J connectivity index is 1.29. The van der Waals surface area contributed by atoms with Crippen LogP contribution in [0.2, 0.25) is 0 Å². The number of benzene rings is 1. The average molecular weight is 800 g/mol. The zero-order valence-electron chi connectivity index (χ0n) is 34.5. The summed E-state index contributed by atoms with van der Waals surface area (Å²) >= 11 is 0. The molecular weight excluding hydrogens is 735 g/mol. The van der Waals surface area contributed by atoms with Crippen LogP contribution in [0, 0.1) is 11.8 Å². The van der Waals surface area contributed by atoms with Crippen LogP contribution in [0.15, 0.2) is 84.3 Å². The van der Waals surface area contributed by atoms with E-state index < -0.39 is 51.5 Å². The third-order valence-electron chi connectivity index (χ3n) is 11.3. The van der Waals surface area contributed by atoms with E-state index in [4.69, 9.17) is 33.2 Å². The molecule has 4 fully saturated rings. The Bertz CT molecular complexity index is 1650. The quantitative estimate of drug-likeness (QED) is 0.122. The minimum absolute atomic E-state index is 0.0232. The number of hydrogen-bond donors (Lipinski definition) is 0. The zero-order valence-corrected chi connectivity index (χ0v) is 35.3. The van der Waals surface area contributed by atoms with E-state index in [9.17, 15) is 13.2 Å². The lowest BCUT2D eigenvalue weighted by Crippen LogP contribution is -2.46. The van der Waals surface area contributed by atoms with E-state index in [2.05, 4.69) is 26.7 Å². The maximum atomic E-state index is 13.9. The number of carbonyl (C=O) groups is 1. The molecule has 4 heterocycles. The average Bonchev–Trinajstić information content (AvgIpc) is 3.75. The van der Waals surface area contributed by atoms with Crippen molar-refractivity contribution in [3.8, 4) is 0 Å². The van der Waals surface area contributed by atoms with Crippen LogP contribution in [-0.4, -0.2) is 112 Å². The van der Waals surface area contributed by atoms with Gasteiger partial charge in [-0.05, 0) is 83.1 Å². The molecule has 1 aromatic carbocycles. The number of amides is 1. The molecule has 1 aromatic rings. The van der Waals surface area contributed by atoms with Crippen LogP contribution in [0.25, 0.3) is 0 Å². The summed E-state index contributed by atoms with van der Waals surface area (Å²) < 4.78 is 71.4. The van der Waals surface area contributed by atoms with Crippen LogP contribution < -0.4 is 0 Å². The van der Waals surface area contributed by atoms with Crippen molar-refractivity contribution in [2.24, 2.45) is 11.8 Å². The summed E-state index contributed by atoms with van der Waals surface area (Å²) in [5.74, 6) is -0.457. The molecule has 12 heteroatoms. The Kier molecular flexibility index (Phi) is 14.9. The lowest BCUT2D eigenvalue weighted by atomic mass is 9.83. The number of nitrogens with zero attached hydrogens (tertiary/aromatic N) is 1. The summed E-state index contributed by atoms with van der Waals surface area (Å²) in [6, 6.07) is 8.50. The van der Waals surface area contributed by atoms with Crippen molar-refractivity contribution in [3.63, 3.8) is 0 Å². The number of rotatable bonds is 16. The summed E-state index contributed by atoms with van der Waals surface area (Å²) in [6.07, 6.45) is 6.94. The number of methoxy groups -OCH3 is 1. The van der Waals surface area contributed by atoms with Crippen molar-refractivity contribution >= 4 is 15.9 Å². The van der Waals surface area contributed by atoms with Crippen molar-refractivity contribution < 1.29 is 46.4 Å². The van der Waals surface area contributed by atoms with E-state index in [0.717, 1.165) is 36.8 Å². The first-order valence-corrected chi connectivity index (χ1v) is 21.7. The normalized spacial score (nSPS) is 32.4. The Morgan fingerprint density at radius 3 is 2.41 bits per heavy atom. The minimum Gasteiger partial charge on any atom is -0.444 e. The molecule has 56 heavy (non-hydrogen) atoms. The van der Waals surface area contributed by atoms with Gasteiger partial charge in [0.1, 0.15) is 11.3 Å². The molecular formula is C44H65NO10S. The van der Waals surface area contributed by atoms with E-state index in [1.807, 2.05) is 46.8 Å². The summed E-state index contributed by atoms with van der Waals surface area (Å²) in [5.41, 5.74) is 0.495. The molecule has 4 saturated heterocycles. The SMILES string of the molecule is C=CCOC/C=C/[C@H]1CC(=C)[C@H](CC[C@H]2C[C@@H](C)C(=C)[C@@H](C[C@@H]3O[C@H](CC4CN(C(=O)OC(C)(C)C)C(C)(C)O4)[C@H](OC)[C@H]3CS(=O)(=O)c3ccccc3)O2)O1. The first kappa shape index (κ1) is 44.3.